The van der Waals surface area contributed by atoms with E-state index in [-0.39, 0.29) is 11.9 Å². The number of rotatable bonds is 6. The maximum absolute atomic E-state index is 12.0. The van der Waals surface area contributed by atoms with Crippen molar-refractivity contribution in [3.05, 3.63) is 33.7 Å². The number of hydrogen-bond donors (Lipinski definition) is 1. The highest BCUT2D eigenvalue weighted by molar-refractivity contribution is 9.10. The summed E-state index contributed by atoms with van der Waals surface area (Å²) < 4.78 is 5.29. The molecule has 1 atom stereocenters. The Bertz CT molecular complexity index is 580. The van der Waals surface area contributed by atoms with E-state index in [1.807, 2.05) is 17.8 Å². The summed E-state index contributed by atoms with van der Waals surface area (Å²) in [7, 11) is 0. The van der Waals surface area contributed by atoms with Gasteiger partial charge in [-0.25, -0.2) is 0 Å². The van der Waals surface area contributed by atoms with Gasteiger partial charge in [-0.05, 0) is 45.2 Å². The molecule has 1 unspecified atom stereocenters. The van der Waals surface area contributed by atoms with E-state index in [2.05, 4.69) is 47.4 Å². The monoisotopic (exact) mass is 403 g/mol. The molecule has 1 N–H and O–H groups in total. The third-order valence-corrected chi connectivity index (χ3v) is 3.63. The largest absolute Gasteiger partial charge is 0.354 e. The highest BCUT2D eigenvalue weighted by Crippen LogP contribution is 2.11. The summed E-state index contributed by atoms with van der Waals surface area (Å²) in [6, 6.07) is -0.319. The number of aryl methyl sites for hydroxylation is 1. The Kier molecular flexibility index (Phi) is 5.36. The van der Waals surface area contributed by atoms with E-state index in [0.717, 1.165) is 21.9 Å². The second-order valence-corrected chi connectivity index (χ2v) is 6.21. The van der Waals surface area contributed by atoms with Crippen molar-refractivity contribution in [1.29, 1.82) is 0 Å². The molecule has 0 aliphatic heterocycles. The van der Waals surface area contributed by atoms with Crippen LogP contribution in [-0.2, 0) is 11.3 Å². The Hall–Kier alpha value is -1.15. The van der Waals surface area contributed by atoms with Crippen LogP contribution in [0.2, 0.25) is 0 Å². The Labute approximate surface area is 133 Å². The molecule has 8 heteroatoms. The zero-order chi connectivity index (χ0) is 14.5. The van der Waals surface area contributed by atoms with Crippen LogP contribution >= 0.6 is 31.9 Å². The zero-order valence-corrected chi connectivity index (χ0v) is 14.1. The normalized spacial score (nSPS) is 12.3. The standard InChI is InChI=1S/C12H15Br2N5O/c1-9(19-8-11(14)6-17-19)12(20)15-3-2-4-18-7-10(13)5-16-18/h5-9H,2-4H2,1H3,(H,15,20). The van der Waals surface area contributed by atoms with Gasteiger partial charge in [-0.2, -0.15) is 10.2 Å². The lowest BCUT2D eigenvalue weighted by molar-refractivity contribution is -0.124. The predicted molar refractivity (Wildman–Crippen MR) is 82.2 cm³/mol. The average molecular weight is 405 g/mol. The van der Waals surface area contributed by atoms with Crippen molar-refractivity contribution in [2.24, 2.45) is 0 Å². The molecule has 0 spiro atoms. The lowest BCUT2D eigenvalue weighted by Crippen LogP contribution is -2.32. The Morgan fingerprint density at radius 3 is 2.60 bits per heavy atom. The van der Waals surface area contributed by atoms with Crippen molar-refractivity contribution in [3.8, 4) is 0 Å². The topological polar surface area (TPSA) is 64.7 Å². The first kappa shape index (κ1) is 15.2. The number of hydrogen-bond acceptors (Lipinski definition) is 3. The number of amides is 1. The first-order valence-corrected chi connectivity index (χ1v) is 7.80. The fourth-order valence-electron chi connectivity index (χ4n) is 1.71. The SMILES string of the molecule is CC(C(=O)NCCCn1cc(Br)cn1)n1cc(Br)cn1. The first-order valence-electron chi connectivity index (χ1n) is 6.21. The van der Waals surface area contributed by atoms with Crippen molar-refractivity contribution in [1.82, 2.24) is 24.9 Å². The van der Waals surface area contributed by atoms with Crippen LogP contribution in [0.25, 0.3) is 0 Å². The molecule has 0 aliphatic carbocycles. The van der Waals surface area contributed by atoms with Crippen LogP contribution in [0.4, 0.5) is 0 Å². The second kappa shape index (κ2) is 7.03. The minimum Gasteiger partial charge on any atom is -0.354 e. The lowest BCUT2D eigenvalue weighted by atomic mass is 10.3. The van der Waals surface area contributed by atoms with Crippen molar-refractivity contribution in [3.63, 3.8) is 0 Å². The summed E-state index contributed by atoms with van der Waals surface area (Å²) in [5.41, 5.74) is 0. The minimum atomic E-state index is -0.319. The molecule has 0 saturated carbocycles. The van der Waals surface area contributed by atoms with E-state index in [9.17, 15) is 4.79 Å². The highest BCUT2D eigenvalue weighted by atomic mass is 79.9. The maximum atomic E-state index is 12.0. The summed E-state index contributed by atoms with van der Waals surface area (Å²) in [6.07, 6.45) is 7.93. The third kappa shape index (κ3) is 4.17. The van der Waals surface area contributed by atoms with E-state index in [0.29, 0.717) is 6.54 Å². The molecule has 0 radical (unpaired) electrons. The number of nitrogens with zero attached hydrogens (tertiary/aromatic N) is 4. The van der Waals surface area contributed by atoms with Crippen molar-refractivity contribution < 1.29 is 4.79 Å². The second-order valence-electron chi connectivity index (χ2n) is 4.38. The average Bonchev–Trinajstić information content (AvgIpc) is 3.02. The molecular weight excluding hydrogens is 390 g/mol. The Morgan fingerprint density at radius 1 is 1.30 bits per heavy atom. The number of aromatic nitrogens is 4. The first-order chi connectivity index (χ1) is 9.56. The molecule has 0 bridgehead atoms. The Morgan fingerprint density at radius 2 is 2.00 bits per heavy atom. The minimum absolute atomic E-state index is 0.0396. The van der Waals surface area contributed by atoms with Gasteiger partial charge < -0.3 is 5.32 Å². The molecule has 108 valence electrons. The lowest BCUT2D eigenvalue weighted by Gasteiger charge is -2.12. The summed E-state index contributed by atoms with van der Waals surface area (Å²) in [6.45, 7) is 3.20. The van der Waals surface area contributed by atoms with Gasteiger partial charge in [-0.15, -0.1) is 0 Å². The maximum Gasteiger partial charge on any atom is 0.244 e. The van der Waals surface area contributed by atoms with Crippen LogP contribution in [0.15, 0.2) is 33.7 Å². The molecule has 2 aromatic rings. The van der Waals surface area contributed by atoms with E-state index >= 15 is 0 Å². The zero-order valence-electron chi connectivity index (χ0n) is 11.0. The molecule has 0 aromatic carbocycles. The van der Waals surface area contributed by atoms with Crippen molar-refractivity contribution >= 4 is 37.8 Å². The molecule has 6 nitrogen and oxygen atoms in total. The smallest absolute Gasteiger partial charge is 0.244 e. The predicted octanol–water partition coefficient (Wildman–Crippen LogP) is 2.37. The van der Waals surface area contributed by atoms with Gasteiger partial charge in [-0.1, -0.05) is 0 Å². The highest BCUT2D eigenvalue weighted by Gasteiger charge is 2.14. The molecule has 20 heavy (non-hydrogen) atoms. The number of carbonyl (C=O) groups excluding carboxylic acids is 1. The van der Waals surface area contributed by atoms with Crippen LogP contribution in [-0.4, -0.2) is 32.0 Å². The summed E-state index contributed by atoms with van der Waals surface area (Å²) in [5.74, 6) is -0.0396. The summed E-state index contributed by atoms with van der Waals surface area (Å²) >= 11 is 6.66. The Balaban J connectivity index is 1.72. The summed E-state index contributed by atoms with van der Waals surface area (Å²) in [4.78, 5) is 12.0. The van der Waals surface area contributed by atoms with Crippen LogP contribution in [0.3, 0.4) is 0 Å². The number of nitrogens with one attached hydrogen (secondary N) is 1. The van der Waals surface area contributed by atoms with Crippen LogP contribution < -0.4 is 5.32 Å². The number of carbonyl (C=O) groups is 1. The fraction of sp³-hybridized carbons (Fsp3) is 0.417. The molecule has 0 fully saturated rings. The molecule has 0 aliphatic rings. The quantitative estimate of drug-likeness (QED) is 0.751. The fourth-order valence-corrected chi connectivity index (χ4v) is 2.34. The van der Waals surface area contributed by atoms with Gasteiger partial charge >= 0.3 is 0 Å². The van der Waals surface area contributed by atoms with E-state index in [1.165, 1.54) is 0 Å². The molecule has 2 rings (SSSR count). The van der Waals surface area contributed by atoms with Crippen molar-refractivity contribution in [2.75, 3.05) is 6.54 Å². The molecule has 1 amide bonds. The third-order valence-electron chi connectivity index (χ3n) is 2.81. The van der Waals surface area contributed by atoms with Crippen LogP contribution in [0, 0.1) is 0 Å². The van der Waals surface area contributed by atoms with Gasteiger partial charge in [-0.3, -0.25) is 14.2 Å². The summed E-state index contributed by atoms with van der Waals surface area (Å²) in [5, 5.41) is 11.2. The van der Waals surface area contributed by atoms with E-state index in [4.69, 9.17) is 0 Å². The van der Waals surface area contributed by atoms with Gasteiger partial charge in [0, 0.05) is 25.5 Å². The van der Waals surface area contributed by atoms with Crippen LogP contribution in [0.1, 0.15) is 19.4 Å². The van der Waals surface area contributed by atoms with Gasteiger partial charge in [0.25, 0.3) is 0 Å². The van der Waals surface area contributed by atoms with Crippen LogP contribution in [0.5, 0.6) is 0 Å². The molecule has 2 heterocycles. The van der Waals surface area contributed by atoms with E-state index < -0.39 is 0 Å². The molecule has 2 aromatic heterocycles. The molecule has 0 saturated heterocycles. The molecular formula is C12H15Br2N5O. The van der Waals surface area contributed by atoms with Gasteiger partial charge in [0.2, 0.25) is 5.91 Å². The number of halogens is 2. The van der Waals surface area contributed by atoms with E-state index in [1.54, 1.807) is 23.3 Å². The van der Waals surface area contributed by atoms with Gasteiger partial charge in [0.05, 0.1) is 21.3 Å². The van der Waals surface area contributed by atoms with Gasteiger partial charge in [0.15, 0.2) is 0 Å². The van der Waals surface area contributed by atoms with Crippen molar-refractivity contribution in [2.45, 2.75) is 25.9 Å². The van der Waals surface area contributed by atoms with Gasteiger partial charge in [0.1, 0.15) is 6.04 Å².